The van der Waals surface area contributed by atoms with Crippen LogP contribution in [0.2, 0.25) is 0 Å². The number of aliphatic hydroxyl groups is 1. The summed E-state index contributed by atoms with van der Waals surface area (Å²) in [5.41, 5.74) is 5.58. The van der Waals surface area contributed by atoms with E-state index in [1.807, 2.05) is 78.9 Å². The van der Waals surface area contributed by atoms with Gasteiger partial charge in [-0.25, -0.2) is 4.79 Å². The largest absolute Gasteiger partial charge is 0.497 e. The molecule has 5 rings (SSSR count). The van der Waals surface area contributed by atoms with Gasteiger partial charge in [0, 0.05) is 25.2 Å². The molecule has 51 heavy (non-hydrogen) atoms. The van der Waals surface area contributed by atoms with Gasteiger partial charge in [-0.3, -0.25) is 19.1 Å². The van der Waals surface area contributed by atoms with Crippen molar-refractivity contribution in [3.63, 3.8) is 0 Å². The minimum absolute atomic E-state index is 0.0537. The molecule has 1 aromatic heterocycles. The molecule has 12 nitrogen and oxygen atoms in total. The number of benzene rings is 3. The molecular weight excluding hydrogens is 652 g/mol. The van der Waals surface area contributed by atoms with E-state index in [9.17, 15) is 19.5 Å². The maximum Gasteiger partial charge on any atom is 0.330 e. The highest BCUT2D eigenvalue weighted by atomic mass is 16.6. The van der Waals surface area contributed by atoms with Gasteiger partial charge in [0.25, 0.3) is 5.56 Å². The number of nitrogens with one attached hydrogen (secondary N) is 2. The van der Waals surface area contributed by atoms with E-state index in [2.05, 4.69) is 10.3 Å². The summed E-state index contributed by atoms with van der Waals surface area (Å²) in [5.74, 6) is 1.01. The van der Waals surface area contributed by atoms with Gasteiger partial charge in [0.2, 0.25) is 5.91 Å². The van der Waals surface area contributed by atoms with E-state index in [4.69, 9.17) is 24.7 Å². The molecule has 0 aliphatic carbocycles. The summed E-state index contributed by atoms with van der Waals surface area (Å²) in [5, 5.41) is 14.0. The number of carbonyl (C=O) groups excluding carboxylic acids is 1. The van der Waals surface area contributed by atoms with Crippen molar-refractivity contribution in [2.45, 2.75) is 56.1 Å². The van der Waals surface area contributed by atoms with E-state index in [1.54, 1.807) is 14.2 Å². The predicted molar refractivity (Wildman–Crippen MR) is 194 cm³/mol. The highest BCUT2D eigenvalue weighted by Gasteiger charge is 2.42. The Kier molecular flexibility index (Phi) is 13.0. The highest BCUT2D eigenvalue weighted by Crippen LogP contribution is 2.42. The molecule has 2 unspecified atom stereocenters. The number of carbonyl (C=O) groups is 1. The Morgan fingerprint density at radius 2 is 1.55 bits per heavy atom. The summed E-state index contributed by atoms with van der Waals surface area (Å²) in [6.07, 6.45) is 5.01. The third kappa shape index (κ3) is 9.02. The van der Waals surface area contributed by atoms with Gasteiger partial charge in [-0.1, -0.05) is 67.4 Å². The quantitative estimate of drug-likeness (QED) is 0.0728. The van der Waals surface area contributed by atoms with E-state index in [-0.39, 0.29) is 24.5 Å². The van der Waals surface area contributed by atoms with Crippen LogP contribution < -0.4 is 31.8 Å². The molecule has 1 amide bonds. The Morgan fingerprint density at radius 1 is 0.941 bits per heavy atom. The number of H-pyrrole nitrogens is 1. The normalized spacial score (nSPS) is 17.5. The molecule has 0 spiro atoms. The van der Waals surface area contributed by atoms with Crippen molar-refractivity contribution in [2.75, 3.05) is 33.9 Å². The van der Waals surface area contributed by atoms with Crippen molar-refractivity contribution in [2.24, 2.45) is 5.73 Å². The lowest BCUT2D eigenvalue weighted by Crippen LogP contribution is -2.38. The number of aromatic amines is 1. The standard InChI is InChI=1S/C39H46N4O8/c1-48-31-17-13-29(14-18-31)39(28-10-6-5-7-11-28,30-15-19-32(49-2)20-16-30)50-26-34-33(44)24-36(51-34)43-25-27(37(46)42-38(43)47)12-21-35(45)41-23-9-4-3-8-22-40/h5-7,10-21,25,33-34,36,44H,3-4,8-9,22-24,26,40H2,1-2H3,(H,41,45)(H,42,46,47)/b21-12+/t33?,34?,36-/m1/s1. The Hall–Kier alpha value is -5.01. The van der Waals surface area contributed by atoms with Gasteiger partial charge >= 0.3 is 5.69 Å². The van der Waals surface area contributed by atoms with Crippen LogP contribution in [0.5, 0.6) is 11.5 Å². The molecule has 12 heteroatoms. The van der Waals surface area contributed by atoms with Crippen molar-refractivity contribution in [1.29, 1.82) is 0 Å². The second-order valence-electron chi connectivity index (χ2n) is 12.3. The molecule has 0 saturated carbocycles. The first-order valence-electron chi connectivity index (χ1n) is 17.1. The fraction of sp³-hybridized carbons (Fsp3) is 0.359. The molecule has 3 atom stereocenters. The second kappa shape index (κ2) is 17.8. The molecule has 0 bridgehead atoms. The van der Waals surface area contributed by atoms with Gasteiger partial charge in [-0.2, -0.15) is 0 Å². The molecule has 5 N–H and O–H groups in total. The van der Waals surface area contributed by atoms with Crippen molar-refractivity contribution in [3.8, 4) is 11.5 Å². The summed E-state index contributed by atoms with van der Waals surface area (Å²) in [7, 11) is 3.21. The average Bonchev–Trinajstić information content (AvgIpc) is 3.53. The minimum Gasteiger partial charge on any atom is -0.497 e. The van der Waals surface area contributed by atoms with E-state index in [0.717, 1.165) is 42.4 Å². The van der Waals surface area contributed by atoms with E-state index in [0.29, 0.717) is 24.6 Å². The summed E-state index contributed by atoms with van der Waals surface area (Å²) in [6, 6.07) is 24.9. The number of nitrogens with two attached hydrogens (primary N) is 1. The van der Waals surface area contributed by atoms with Crippen LogP contribution in [0.25, 0.3) is 6.08 Å². The number of aliphatic hydroxyl groups excluding tert-OH is 1. The summed E-state index contributed by atoms with van der Waals surface area (Å²) in [6.45, 7) is 1.10. The van der Waals surface area contributed by atoms with Gasteiger partial charge < -0.3 is 35.1 Å². The maximum atomic E-state index is 12.9. The van der Waals surface area contributed by atoms with Crippen molar-refractivity contribution in [3.05, 3.63) is 134 Å². The molecule has 2 heterocycles. The zero-order valence-electron chi connectivity index (χ0n) is 29.0. The summed E-state index contributed by atoms with van der Waals surface area (Å²) in [4.78, 5) is 40.2. The zero-order chi connectivity index (χ0) is 36.2. The number of amides is 1. The molecule has 0 radical (unpaired) electrons. The maximum absolute atomic E-state index is 12.9. The summed E-state index contributed by atoms with van der Waals surface area (Å²) < 4.78 is 25.2. The Labute approximate surface area is 296 Å². The molecule has 1 aliphatic rings. The van der Waals surface area contributed by atoms with Gasteiger partial charge in [-0.05, 0) is 66.4 Å². The number of hydrogen-bond donors (Lipinski definition) is 4. The number of methoxy groups -OCH3 is 2. The molecule has 4 aromatic rings. The van der Waals surface area contributed by atoms with Crippen LogP contribution in [0.3, 0.4) is 0 Å². The highest BCUT2D eigenvalue weighted by molar-refractivity contribution is 5.91. The van der Waals surface area contributed by atoms with Gasteiger partial charge in [0.1, 0.15) is 29.4 Å². The van der Waals surface area contributed by atoms with Crippen molar-refractivity contribution < 1.29 is 28.8 Å². The number of nitrogens with zero attached hydrogens (tertiary/aromatic N) is 1. The number of hydrogen-bond acceptors (Lipinski definition) is 9. The lowest BCUT2D eigenvalue weighted by molar-refractivity contribution is -0.116. The predicted octanol–water partition coefficient (Wildman–Crippen LogP) is 3.86. The first-order chi connectivity index (χ1) is 24.8. The number of rotatable bonds is 17. The third-order valence-corrected chi connectivity index (χ3v) is 8.99. The molecule has 3 aromatic carbocycles. The topological polar surface area (TPSA) is 167 Å². The monoisotopic (exact) mass is 698 g/mol. The number of aromatic nitrogens is 2. The van der Waals surface area contributed by atoms with Crippen LogP contribution in [0, 0.1) is 0 Å². The van der Waals surface area contributed by atoms with Crippen molar-refractivity contribution >= 4 is 12.0 Å². The third-order valence-electron chi connectivity index (χ3n) is 8.99. The Bertz CT molecular complexity index is 1810. The Morgan fingerprint density at radius 3 is 2.16 bits per heavy atom. The van der Waals surface area contributed by atoms with Crippen LogP contribution in [-0.2, 0) is 19.9 Å². The smallest absolute Gasteiger partial charge is 0.330 e. The van der Waals surface area contributed by atoms with Crippen LogP contribution in [0.1, 0.15) is 60.6 Å². The molecule has 1 fully saturated rings. The first kappa shape index (κ1) is 37.3. The molecular formula is C39H46N4O8. The van der Waals surface area contributed by atoms with Crippen LogP contribution in [0.4, 0.5) is 0 Å². The fourth-order valence-electron chi connectivity index (χ4n) is 6.21. The fourth-order valence-corrected chi connectivity index (χ4v) is 6.21. The second-order valence-corrected chi connectivity index (χ2v) is 12.3. The minimum atomic E-state index is -1.14. The van der Waals surface area contributed by atoms with Gasteiger partial charge in [-0.15, -0.1) is 0 Å². The lowest BCUT2D eigenvalue weighted by atomic mass is 9.80. The SMILES string of the molecule is COc1ccc(C(OCC2O[C@@H](n3cc(/C=C/C(=O)NCCCCCCN)c(=O)[nH]c3=O)CC2O)(c2ccccc2)c2ccc(OC)cc2)cc1. The van der Waals surface area contributed by atoms with Gasteiger partial charge in [0.15, 0.2) is 0 Å². The molecule has 1 saturated heterocycles. The average molecular weight is 699 g/mol. The van der Waals surface area contributed by atoms with Crippen LogP contribution in [0.15, 0.2) is 101 Å². The van der Waals surface area contributed by atoms with Crippen LogP contribution in [-0.4, -0.2) is 66.7 Å². The lowest BCUT2D eigenvalue weighted by Gasteiger charge is -2.37. The van der Waals surface area contributed by atoms with Gasteiger partial charge in [0.05, 0.1) is 32.5 Å². The summed E-state index contributed by atoms with van der Waals surface area (Å²) >= 11 is 0. The van der Waals surface area contributed by atoms with Crippen LogP contribution >= 0.6 is 0 Å². The number of unbranched alkanes of at least 4 members (excludes halogenated alkanes) is 3. The molecule has 270 valence electrons. The van der Waals surface area contributed by atoms with Crippen molar-refractivity contribution in [1.82, 2.24) is 14.9 Å². The Balaban J connectivity index is 1.37. The first-order valence-corrected chi connectivity index (χ1v) is 17.1. The van der Waals surface area contributed by atoms with E-state index < -0.39 is 35.3 Å². The van der Waals surface area contributed by atoms with E-state index >= 15 is 0 Å². The molecule has 1 aliphatic heterocycles. The zero-order valence-corrected chi connectivity index (χ0v) is 29.0. The van der Waals surface area contributed by atoms with E-state index in [1.165, 1.54) is 22.9 Å². The number of ether oxygens (including phenoxy) is 4.